The van der Waals surface area contributed by atoms with Crippen LogP contribution < -0.4 is 10.1 Å². The minimum Gasteiger partial charge on any atom is -0.494 e. The monoisotopic (exact) mass is 279 g/mol. The zero-order chi connectivity index (χ0) is 14.0. The van der Waals surface area contributed by atoms with Gasteiger partial charge in [0.2, 0.25) is 0 Å². The van der Waals surface area contributed by atoms with Gasteiger partial charge in [-0.05, 0) is 24.1 Å². The molecule has 1 saturated heterocycles. The van der Waals surface area contributed by atoms with Gasteiger partial charge in [0.15, 0.2) is 0 Å². The normalized spacial score (nSPS) is 18.9. The maximum atomic E-state index is 5.64. The van der Waals surface area contributed by atoms with Crippen LogP contribution in [0.2, 0.25) is 0 Å². The summed E-state index contributed by atoms with van der Waals surface area (Å²) >= 11 is 0. The smallest absolute Gasteiger partial charge is 0.119 e. The average molecular weight is 279 g/mol. The fourth-order valence-corrected chi connectivity index (χ4v) is 2.07. The predicted octanol–water partition coefficient (Wildman–Crippen LogP) is 2.37. The van der Waals surface area contributed by atoms with Crippen LogP contribution in [0.4, 0.5) is 0 Å². The van der Waals surface area contributed by atoms with Gasteiger partial charge in [0.1, 0.15) is 5.75 Å². The molecule has 0 saturated carbocycles. The Kier molecular flexibility index (Phi) is 6.84. The number of nitrogens with one attached hydrogen (secondary N) is 1. The van der Waals surface area contributed by atoms with Crippen molar-refractivity contribution < 1.29 is 14.2 Å². The van der Waals surface area contributed by atoms with Gasteiger partial charge in [0.25, 0.3) is 0 Å². The molecule has 0 aliphatic carbocycles. The van der Waals surface area contributed by atoms with Crippen LogP contribution in [0, 0.1) is 0 Å². The van der Waals surface area contributed by atoms with Gasteiger partial charge in [-0.25, -0.2) is 0 Å². The molecule has 112 valence electrons. The van der Waals surface area contributed by atoms with Gasteiger partial charge >= 0.3 is 0 Å². The third kappa shape index (κ3) is 5.49. The van der Waals surface area contributed by atoms with Crippen molar-refractivity contribution in [1.82, 2.24) is 5.32 Å². The quantitative estimate of drug-likeness (QED) is 0.742. The van der Waals surface area contributed by atoms with Crippen molar-refractivity contribution in [2.24, 2.45) is 0 Å². The largest absolute Gasteiger partial charge is 0.494 e. The SMILES string of the molecule is CCCCOc1ccc(CNCC2COCCO2)cc1. The summed E-state index contributed by atoms with van der Waals surface area (Å²) in [4.78, 5) is 0. The summed E-state index contributed by atoms with van der Waals surface area (Å²) in [6.07, 6.45) is 2.45. The van der Waals surface area contributed by atoms with Gasteiger partial charge < -0.3 is 19.5 Å². The number of benzene rings is 1. The molecule has 1 unspecified atom stereocenters. The average Bonchev–Trinajstić information content (AvgIpc) is 2.50. The second-order valence-electron chi connectivity index (χ2n) is 5.04. The molecular formula is C16H25NO3. The summed E-state index contributed by atoms with van der Waals surface area (Å²) in [5, 5.41) is 3.40. The van der Waals surface area contributed by atoms with Gasteiger partial charge in [0.05, 0.1) is 32.5 Å². The summed E-state index contributed by atoms with van der Waals surface area (Å²) in [6, 6.07) is 8.28. The molecule has 1 aliphatic heterocycles. The Morgan fingerprint density at radius 1 is 1.25 bits per heavy atom. The van der Waals surface area contributed by atoms with Crippen LogP contribution in [-0.2, 0) is 16.0 Å². The summed E-state index contributed by atoms with van der Waals surface area (Å²) in [7, 11) is 0. The van der Waals surface area contributed by atoms with E-state index in [0.29, 0.717) is 13.2 Å². The Morgan fingerprint density at radius 2 is 2.10 bits per heavy atom. The highest BCUT2D eigenvalue weighted by molar-refractivity contribution is 5.27. The van der Waals surface area contributed by atoms with Crippen molar-refractivity contribution in [3.05, 3.63) is 29.8 Å². The van der Waals surface area contributed by atoms with E-state index in [1.807, 2.05) is 12.1 Å². The molecule has 1 aromatic carbocycles. The lowest BCUT2D eigenvalue weighted by Gasteiger charge is -2.23. The van der Waals surface area contributed by atoms with Crippen molar-refractivity contribution in [1.29, 1.82) is 0 Å². The van der Waals surface area contributed by atoms with Crippen molar-refractivity contribution in [3.63, 3.8) is 0 Å². The maximum absolute atomic E-state index is 5.64. The highest BCUT2D eigenvalue weighted by Crippen LogP contribution is 2.12. The van der Waals surface area contributed by atoms with Crippen LogP contribution in [0.3, 0.4) is 0 Å². The van der Waals surface area contributed by atoms with E-state index in [9.17, 15) is 0 Å². The molecular weight excluding hydrogens is 254 g/mol. The molecule has 2 rings (SSSR count). The summed E-state index contributed by atoms with van der Waals surface area (Å²) < 4.78 is 16.6. The number of hydrogen-bond donors (Lipinski definition) is 1. The first-order chi connectivity index (χ1) is 9.88. The highest BCUT2D eigenvalue weighted by atomic mass is 16.6. The van der Waals surface area contributed by atoms with Gasteiger partial charge in [-0.1, -0.05) is 25.5 Å². The lowest BCUT2D eigenvalue weighted by atomic mass is 10.2. The minimum absolute atomic E-state index is 0.181. The summed E-state index contributed by atoms with van der Waals surface area (Å²) in [5.74, 6) is 0.950. The van der Waals surface area contributed by atoms with E-state index in [-0.39, 0.29) is 6.10 Å². The number of ether oxygens (including phenoxy) is 3. The van der Waals surface area contributed by atoms with E-state index in [4.69, 9.17) is 14.2 Å². The number of hydrogen-bond acceptors (Lipinski definition) is 4. The fourth-order valence-electron chi connectivity index (χ4n) is 2.07. The van der Waals surface area contributed by atoms with Crippen LogP contribution in [0.5, 0.6) is 5.75 Å². The van der Waals surface area contributed by atoms with Crippen LogP contribution >= 0.6 is 0 Å². The summed E-state index contributed by atoms with van der Waals surface area (Å²) in [6.45, 7) is 6.75. The van der Waals surface area contributed by atoms with E-state index < -0.39 is 0 Å². The molecule has 1 aliphatic rings. The van der Waals surface area contributed by atoms with E-state index in [2.05, 4.69) is 24.4 Å². The standard InChI is InChI=1S/C16H25NO3/c1-2-3-8-19-15-6-4-14(5-7-15)11-17-12-16-13-18-9-10-20-16/h4-7,16-17H,2-3,8-13H2,1H3. The Morgan fingerprint density at radius 3 is 2.80 bits per heavy atom. The second-order valence-corrected chi connectivity index (χ2v) is 5.04. The molecule has 4 nitrogen and oxygen atoms in total. The van der Waals surface area contributed by atoms with E-state index in [1.165, 1.54) is 5.56 Å². The maximum Gasteiger partial charge on any atom is 0.119 e. The molecule has 1 aromatic rings. The first kappa shape index (κ1) is 15.3. The molecule has 0 aromatic heterocycles. The minimum atomic E-state index is 0.181. The molecule has 1 N–H and O–H groups in total. The Balaban J connectivity index is 1.65. The Labute approximate surface area is 121 Å². The third-order valence-electron chi connectivity index (χ3n) is 3.28. The highest BCUT2D eigenvalue weighted by Gasteiger charge is 2.13. The molecule has 0 radical (unpaired) electrons. The van der Waals surface area contributed by atoms with E-state index in [1.54, 1.807) is 0 Å². The zero-order valence-corrected chi connectivity index (χ0v) is 12.3. The predicted molar refractivity (Wildman–Crippen MR) is 79.1 cm³/mol. The number of rotatable bonds is 8. The van der Waals surface area contributed by atoms with Gasteiger partial charge in [0, 0.05) is 13.1 Å². The van der Waals surface area contributed by atoms with Crippen LogP contribution in [-0.4, -0.2) is 39.1 Å². The lowest BCUT2D eigenvalue weighted by molar-refractivity contribution is -0.0864. The van der Waals surface area contributed by atoms with Gasteiger partial charge in [-0.3, -0.25) is 0 Å². The summed E-state index contributed by atoms with van der Waals surface area (Å²) in [5.41, 5.74) is 1.25. The van der Waals surface area contributed by atoms with E-state index >= 15 is 0 Å². The topological polar surface area (TPSA) is 39.7 Å². The first-order valence-corrected chi connectivity index (χ1v) is 7.50. The molecule has 0 amide bonds. The van der Waals surface area contributed by atoms with Gasteiger partial charge in [-0.2, -0.15) is 0 Å². The molecule has 20 heavy (non-hydrogen) atoms. The molecule has 4 heteroatoms. The number of unbranched alkanes of at least 4 members (excludes halogenated alkanes) is 1. The van der Waals surface area contributed by atoms with Crippen molar-refractivity contribution in [2.75, 3.05) is 33.0 Å². The van der Waals surface area contributed by atoms with Crippen LogP contribution in [0.15, 0.2) is 24.3 Å². The second kappa shape index (κ2) is 8.95. The lowest BCUT2D eigenvalue weighted by Crippen LogP contribution is -2.37. The van der Waals surface area contributed by atoms with Gasteiger partial charge in [-0.15, -0.1) is 0 Å². The van der Waals surface area contributed by atoms with Crippen molar-refractivity contribution in [2.45, 2.75) is 32.4 Å². The van der Waals surface area contributed by atoms with Crippen LogP contribution in [0.25, 0.3) is 0 Å². The molecule has 1 heterocycles. The Hall–Kier alpha value is -1.10. The third-order valence-corrected chi connectivity index (χ3v) is 3.28. The van der Waals surface area contributed by atoms with Crippen molar-refractivity contribution in [3.8, 4) is 5.75 Å². The van der Waals surface area contributed by atoms with Crippen LogP contribution in [0.1, 0.15) is 25.3 Å². The molecule has 1 atom stereocenters. The fraction of sp³-hybridized carbons (Fsp3) is 0.625. The van der Waals surface area contributed by atoms with Crippen molar-refractivity contribution >= 4 is 0 Å². The van der Waals surface area contributed by atoms with E-state index in [0.717, 1.165) is 44.9 Å². The molecule has 1 fully saturated rings. The Bertz CT molecular complexity index is 360. The zero-order valence-electron chi connectivity index (χ0n) is 12.3. The first-order valence-electron chi connectivity index (χ1n) is 7.50. The molecule has 0 bridgehead atoms. The molecule has 0 spiro atoms.